The van der Waals surface area contributed by atoms with Gasteiger partial charge in [0.2, 0.25) is 11.9 Å². The number of benzene rings is 1. The molecule has 1 aliphatic carbocycles. The molecule has 0 amide bonds. The molecule has 0 spiro atoms. The Morgan fingerprint density at radius 1 is 1.18 bits per heavy atom. The summed E-state index contributed by atoms with van der Waals surface area (Å²) in [5.74, 6) is 0.840. The van der Waals surface area contributed by atoms with E-state index >= 15 is 0 Å². The van der Waals surface area contributed by atoms with Crippen LogP contribution in [0.3, 0.4) is 0 Å². The lowest BCUT2D eigenvalue weighted by Crippen LogP contribution is -2.34. The lowest BCUT2D eigenvalue weighted by atomic mass is 9.99. The first-order chi connectivity index (χ1) is 10.4. The Balaban J connectivity index is 1.97. The molecule has 1 atom stereocenters. The molecular formula is C16H26N6. The predicted octanol–water partition coefficient (Wildman–Crippen LogP) is 1.11. The molecule has 6 heteroatoms. The van der Waals surface area contributed by atoms with Gasteiger partial charge in [0.15, 0.2) is 0 Å². The summed E-state index contributed by atoms with van der Waals surface area (Å²) >= 11 is 0. The van der Waals surface area contributed by atoms with E-state index in [1.807, 2.05) is 0 Å². The quantitative estimate of drug-likeness (QED) is 0.358. The van der Waals surface area contributed by atoms with Gasteiger partial charge in [-0.1, -0.05) is 29.3 Å². The van der Waals surface area contributed by atoms with Gasteiger partial charge in [-0.3, -0.25) is 0 Å². The molecule has 22 heavy (non-hydrogen) atoms. The van der Waals surface area contributed by atoms with E-state index in [0.29, 0.717) is 5.92 Å². The fourth-order valence-electron chi connectivity index (χ4n) is 2.74. The molecule has 0 radical (unpaired) electrons. The van der Waals surface area contributed by atoms with Crippen molar-refractivity contribution in [3.63, 3.8) is 0 Å². The van der Waals surface area contributed by atoms with Crippen molar-refractivity contribution in [2.24, 2.45) is 33.2 Å². The molecule has 0 aliphatic heterocycles. The molecule has 0 unspecified atom stereocenters. The third-order valence-corrected chi connectivity index (χ3v) is 3.78. The van der Waals surface area contributed by atoms with Crippen molar-refractivity contribution >= 4 is 11.9 Å². The van der Waals surface area contributed by atoms with Crippen molar-refractivity contribution in [2.75, 3.05) is 0 Å². The zero-order chi connectivity index (χ0) is 16.1. The summed E-state index contributed by atoms with van der Waals surface area (Å²) < 4.78 is 0. The molecule has 0 aromatic heterocycles. The average Bonchev–Trinajstić information content (AvgIpc) is 3.24. The molecule has 6 nitrogen and oxygen atoms in total. The van der Waals surface area contributed by atoms with Crippen molar-refractivity contribution < 1.29 is 0 Å². The Hall–Kier alpha value is -2.24. The second-order valence-electron chi connectivity index (χ2n) is 6.10. The van der Waals surface area contributed by atoms with Gasteiger partial charge < -0.3 is 17.2 Å². The molecule has 1 saturated carbocycles. The number of hydrogen-bond acceptors (Lipinski definition) is 2. The number of aliphatic imine (C=N–C) groups is 1. The number of nitrogens with two attached hydrogens (primary N) is 3. The first-order valence-electron chi connectivity index (χ1n) is 7.69. The third-order valence-electron chi connectivity index (χ3n) is 3.78. The molecule has 0 saturated heterocycles. The Labute approximate surface area is 131 Å². The monoisotopic (exact) mass is 302 g/mol. The first-order valence-corrected chi connectivity index (χ1v) is 7.69. The van der Waals surface area contributed by atoms with Crippen LogP contribution in [0.5, 0.6) is 0 Å². The number of hydrazone groups is 1. The van der Waals surface area contributed by atoms with Gasteiger partial charge in [0.05, 0.1) is 6.04 Å². The molecule has 120 valence electrons. The van der Waals surface area contributed by atoms with E-state index in [9.17, 15) is 0 Å². The van der Waals surface area contributed by atoms with Crippen molar-refractivity contribution in [3.05, 3.63) is 34.9 Å². The smallest absolute Gasteiger partial charge is 0.209 e. The van der Waals surface area contributed by atoms with Crippen molar-refractivity contribution in [1.29, 1.82) is 0 Å². The highest BCUT2D eigenvalue weighted by atomic mass is 15.4. The Morgan fingerprint density at radius 3 is 2.36 bits per heavy atom. The molecule has 1 aromatic carbocycles. The van der Waals surface area contributed by atoms with Crippen LogP contribution >= 0.6 is 0 Å². The Morgan fingerprint density at radius 2 is 1.82 bits per heavy atom. The zero-order valence-electron chi connectivity index (χ0n) is 13.3. The minimum absolute atomic E-state index is 0.0589. The van der Waals surface area contributed by atoms with Gasteiger partial charge in [-0.2, -0.15) is 0 Å². The SMILES string of the molecule is Cc1cc(C)cc(CC[C@@H](N=C(N)NN=C(N)N)C2CC2)c1. The van der Waals surface area contributed by atoms with Crippen LogP contribution in [0.2, 0.25) is 0 Å². The van der Waals surface area contributed by atoms with Crippen molar-refractivity contribution in [1.82, 2.24) is 5.43 Å². The van der Waals surface area contributed by atoms with E-state index in [1.54, 1.807) is 0 Å². The zero-order valence-corrected chi connectivity index (χ0v) is 13.3. The van der Waals surface area contributed by atoms with Gasteiger partial charge in [-0.25, -0.2) is 10.4 Å². The van der Waals surface area contributed by atoms with Crippen LogP contribution in [0.15, 0.2) is 28.3 Å². The van der Waals surface area contributed by atoms with Gasteiger partial charge >= 0.3 is 0 Å². The minimum atomic E-state index is -0.0589. The van der Waals surface area contributed by atoms with Crippen LogP contribution in [-0.2, 0) is 6.42 Å². The second-order valence-corrected chi connectivity index (χ2v) is 6.10. The molecule has 0 bridgehead atoms. The van der Waals surface area contributed by atoms with E-state index in [1.165, 1.54) is 29.5 Å². The predicted molar refractivity (Wildman–Crippen MR) is 91.3 cm³/mol. The molecular weight excluding hydrogens is 276 g/mol. The van der Waals surface area contributed by atoms with E-state index in [0.717, 1.165) is 12.8 Å². The van der Waals surface area contributed by atoms with Gasteiger partial charge in [-0.05, 0) is 51.0 Å². The molecule has 1 aliphatic rings. The van der Waals surface area contributed by atoms with Gasteiger partial charge in [0.25, 0.3) is 0 Å². The number of nitrogens with one attached hydrogen (secondary N) is 1. The van der Waals surface area contributed by atoms with Crippen molar-refractivity contribution in [2.45, 2.75) is 45.6 Å². The van der Waals surface area contributed by atoms with E-state index in [2.05, 4.69) is 47.6 Å². The standard InChI is InChI=1S/C16H26N6/c1-10-7-11(2)9-12(8-10)3-6-14(13-4-5-13)20-16(19)22-21-15(17)18/h7-9,13-14H,3-6H2,1-2H3,(H4,17,18,21)(H3,19,20,22)/t14-/m1/s1. The first kappa shape index (κ1) is 16.1. The van der Waals surface area contributed by atoms with E-state index in [-0.39, 0.29) is 18.0 Å². The lowest BCUT2D eigenvalue weighted by Gasteiger charge is -2.13. The van der Waals surface area contributed by atoms with Crippen LogP contribution in [0.25, 0.3) is 0 Å². The molecule has 7 N–H and O–H groups in total. The normalized spacial score (nSPS) is 16.2. The number of nitrogens with zero attached hydrogens (tertiary/aromatic N) is 2. The van der Waals surface area contributed by atoms with Crippen LogP contribution in [0.4, 0.5) is 0 Å². The molecule has 1 fully saturated rings. The summed E-state index contributed by atoms with van der Waals surface area (Å²) in [4.78, 5) is 4.54. The molecule has 0 heterocycles. The summed E-state index contributed by atoms with van der Waals surface area (Å²) in [6, 6.07) is 6.89. The van der Waals surface area contributed by atoms with E-state index in [4.69, 9.17) is 17.2 Å². The molecule has 2 rings (SSSR count). The van der Waals surface area contributed by atoms with Gasteiger partial charge in [0, 0.05) is 0 Å². The maximum Gasteiger partial charge on any atom is 0.209 e. The minimum Gasteiger partial charge on any atom is -0.369 e. The summed E-state index contributed by atoms with van der Waals surface area (Å²) in [7, 11) is 0. The largest absolute Gasteiger partial charge is 0.369 e. The van der Waals surface area contributed by atoms with Crippen molar-refractivity contribution in [3.8, 4) is 0 Å². The van der Waals surface area contributed by atoms with Crippen LogP contribution in [0, 0.1) is 19.8 Å². The number of hydrogen-bond donors (Lipinski definition) is 4. The summed E-state index contributed by atoms with van der Waals surface area (Å²) in [5, 5.41) is 3.67. The highest BCUT2D eigenvalue weighted by Gasteiger charge is 2.30. The third kappa shape index (κ3) is 5.27. The van der Waals surface area contributed by atoms with Crippen LogP contribution in [0.1, 0.15) is 36.0 Å². The van der Waals surface area contributed by atoms with Crippen LogP contribution in [-0.4, -0.2) is 18.0 Å². The summed E-state index contributed by atoms with van der Waals surface area (Å²) in [5.41, 5.74) is 22.9. The number of rotatable bonds is 6. The number of guanidine groups is 2. The fourth-order valence-corrected chi connectivity index (χ4v) is 2.74. The Bertz CT molecular complexity index is 550. The van der Waals surface area contributed by atoms with E-state index < -0.39 is 0 Å². The summed E-state index contributed by atoms with van der Waals surface area (Å²) in [6.07, 6.45) is 4.42. The second kappa shape index (κ2) is 7.15. The van der Waals surface area contributed by atoms with Gasteiger partial charge in [0.1, 0.15) is 0 Å². The molecule has 1 aromatic rings. The Kier molecular flexibility index (Phi) is 5.25. The van der Waals surface area contributed by atoms with Gasteiger partial charge in [-0.15, -0.1) is 5.10 Å². The highest BCUT2D eigenvalue weighted by molar-refractivity contribution is 5.81. The topological polar surface area (TPSA) is 115 Å². The average molecular weight is 302 g/mol. The maximum atomic E-state index is 5.83. The highest BCUT2D eigenvalue weighted by Crippen LogP contribution is 2.36. The maximum absolute atomic E-state index is 5.83. The number of aryl methyl sites for hydroxylation is 3. The van der Waals surface area contributed by atoms with Crippen LogP contribution < -0.4 is 22.6 Å². The lowest BCUT2D eigenvalue weighted by molar-refractivity contribution is 0.549. The fraction of sp³-hybridized carbons (Fsp3) is 0.500. The summed E-state index contributed by atoms with van der Waals surface area (Å²) in [6.45, 7) is 4.26.